The Hall–Kier alpha value is -2.18. The molecule has 108 valence electrons. The van der Waals surface area contributed by atoms with Crippen LogP contribution in [0.3, 0.4) is 0 Å². The Morgan fingerprint density at radius 2 is 1.80 bits per heavy atom. The van der Waals surface area contributed by atoms with E-state index in [0.29, 0.717) is 17.1 Å². The fourth-order valence-corrected chi connectivity index (χ4v) is 1.82. The predicted molar refractivity (Wildman–Crippen MR) is 69.1 cm³/mol. The molecule has 1 aromatic heterocycles. The molecule has 0 radical (unpaired) electrons. The van der Waals surface area contributed by atoms with Gasteiger partial charge in [-0.15, -0.1) is 13.2 Å². The number of nitrogens with two attached hydrogens (primary N) is 1. The van der Waals surface area contributed by atoms with Gasteiger partial charge in [-0.2, -0.15) is 0 Å². The first-order valence-corrected chi connectivity index (χ1v) is 5.96. The largest absolute Gasteiger partial charge is 0.573 e. The number of alkyl halides is 3. The molecule has 2 rings (SSSR count). The molecule has 0 atom stereocenters. The molecule has 0 fully saturated rings. The van der Waals surface area contributed by atoms with E-state index in [1.54, 1.807) is 10.9 Å². The number of aromatic nitrogens is 2. The SMILES string of the molecule is CC(C)n1cnc(-c2ccc(OC(F)(F)F)cc2)c1N. The Labute approximate surface area is 114 Å². The topological polar surface area (TPSA) is 53.1 Å². The number of imidazole rings is 1. The lowest BCUT2D eigenvalue weighted by atomic mass is 10.1. The molecule has 2 aromatic rings. The van der Waals surface area contributed by atoms with Crippen LogP contribution in [0.4, 0.5) is 19.0 Å². The highest BCUT2D eigenvalue weighted by Crippen LogP contribution is 2.29. The molecule has 0 amide bonds. The van der Waals surface area contributed by atoms with Crippen LogP contribution < -0.4 is 10.5 Å². The zero-order valence-electron chi connectivity index (χ0n) is 11.0. The lowest BCUT2D eigenvalue weighted by Crippen LogP contribution is -2.16. The normalized spacial score (nSPS) is 11.9. The first kappa shape index (κ1) is 14.2. The Balaban J connectivity index is 2.26. The number of rotatable bonds is 3. The molecule has 1 heterocycles. The third-order valence-corrected chi connectivity index (χ3v) is 2.75. The van der Waals surface area contributed by atoms with E-state index in [-0.39, 0.29) is 11.8 Å². The summed E-state index contributed by atoms with van der Waals surface area (Å²) in [6, 6.07) is 5.60. The Kier molecular flexibility index (Phi) is 3.61. The molecule has 0 unspecified atom stereocenters. The molecule has 0 spiro atoms. The predicted octanol–water partition coefficient (Wildman–Crippen LogP) is 3.61. The van der Waals surface area contributed by atoms with Crippen LogP contribution >= 0.6 is 0 Å². The summed E-state index contributed by atoms with van der Waals surface area (Å²) in [4.78, 5) is 4.19. The second-order valence-corrected chi connectivity index (χ2v) is 4.55. The van der Waals surface area contributed by atoms with Gasteiger partial charge in [-0.05, 0) is 38.1 Å². The highest BCUT2D eigenvalue weighted by Gasteiger charge is 2.31. The summed E-state index contributed by atoms with van der Waals surface area (Å²) in [5, 5.41) is 0. The third-order valence-electron chi connectivity index (χ3n) is 2.75. The van der Waals surface area contributed by atoms with Crippen molar-refractivity contribution in [2.75, 3.05) is 5.73 Å². The van der Waals surface area contributed by atoms with Crippen LogP contribution in [0.15, 0.2) is 30.6 Å². The van der Waals surface area contributed by atoms with Crippen LogP contribution in [0, 0.1) is 0 Å². The number of benzene rings is 1. The van der Waals surface area contributed by atoms with Crippen LogP contribution in [0.5, 0.6) is 5.75 Å². The average Bonchev–Trinajstić information content (AvgIpc) is 2.70. The van der Waals surface area contributed by atoms with Crippen molar-refractivity contribution in [3.05, 3.63) is 30.6 Å². The molecule has 0 saturated heterocycles. The lowest BCUT2D eigenvalue weighted by Gasteiger charge is -2.10. The van der Waals surface area contributed by atoms with Crippen molar-refractivity contribution in [2.24, 2.45) is 0 Å². The van der Waals surface area contributed by atoms with E-state index >= 15 is 0 Å². The molecule has 0 saturated carbocycles. The summed E-state index contributed by atoms with van der Waals surface area (Å²) < 4.78 is 41.8. The molecule has 7 heteroatoms. The molecule has 2 N–H and O–H groups in total. The van der Waals surface area contributed by atoms with Crippen molar-refractivity contribution in [1.82, 2.24) is 9.55 Å². The maximum Gasteiger partial charge on any atom is 0.573 e. The highest BCUT2D eigenvalue weighted by atomic mass is 19.4. The van der Waals surface area contributed by atoms with Gasteiger partial charge in [0.05, 0.1) is 6.33 Å². The summed E-state index contributed by atoms with van der Waals surface area (Å²) in [5.41, 5.74) is 7.14. The minimum absolute atomic E-state index is 0.157. The van der Waals surface area contributed by atoms with Gasteiger partial charge in [-0.25, -0.2) is 4.98 Å². The lowest BCUT2D eigenvalue weighted by molar-refractivity contribution is -0.274. The second kappa shape index (κ2) is 5.07. The first-order chi connectivity index (χ1) is 9.28. The van der Waals surface area contributed by atoms with Gasteiger partial charge in [0.2, 0.25) is 0 Å². The van der Waals surface area contributed by atoms with Crippen molar-refractivity contribution >= 4 is 5.82 Å². The number of anilines is 1. The molecule has 0 aliphatic rings. The average molecular weight is 285 g/mol. The van der Waals surface area contributed by atoms with Gasteiger partial charge in [0.25, 0.3) is 0 Å². The maximum absolute atomic E-state index is 12.1. The molecule has 1 aromatic carbocycles. The quantitative estimate of drug-likeness (QED) is 0.937. The fraction of sp³-hybridized carbons (Fsp3) is 0.308. The van der Waals surface area contributed by atoms with Gasteiger partial charge in [0.15, 0.2) is 0 Å². The zero-order valence-corrected chi connectivity index (χ0v) is 11.0. The number of ether oxygens (including phenoxy) is 1. The Morgan fingerprint density at radius 1 is 1.20 bits per heavy atom. The molecule has 0 aliphatic carbocycles. The van der Waals surface area contributed by atoms with E-state index in [2.05, 4.69) is 9.72 Å². The Morgan fingerprint density at radius 3 is 2.25 bits per heavy atom. The summed E-state index contributed by atoms with van der Waals surface area (Å²) >= 11 is 0. The standard InChI is InChI=1S/C13H14F3N3O/c1-8(2)19-7-18-11(12(19)17)9-3-5-10(6-4-9)20-13(14,15)16/h3-8H,17H2,1-2H3. The van der Waals surface area contributed by atoms with E-state index < -0.39 is 6.36 Å². The van der Waals surface area contributed by atoms with Crippen molar-refractivity contribution < 1.29 is 17.9 Å². The molecule has 0 aliphatic heterocycles. The smallest absolute Gasteiger partial charge is 0.406 e. The van der Waals surface area contributed by atoms with Gasteiger partial charge in [-0.3, -0.25) is 0 Å². The van der Waals surface area contributed by atoms with Gasteiger partial charge in [0, 0.05) is 11.6 Å². The summed E-state index contributed by atoms with van der Waals surface area (Å²) in [6.07, 6.45) is -3.09. The monoisotopic (exact) mass is 285 g/mol. The van der Waals surface area contributed by atoms with Gasteiger partial charge >= 0.3 is 6.36 Å². The van der Waals surface area contributed by atoms with Gasteiger partial charge in [0.1, 0.15) is 17.3 Å². The van der Waals surface area contributed by atoms with E-state index in [9.17, 15) is 13.2 Å². The Bertz CT molecular complexity index is 588. The van der Waals surface area contributed by atoms with Crippen LogP contribution in [0.2, 0.25) is 0 Å². The van der Waals surface area contributed by atoms with E-state index in [0.717, 1.165) is 0 Å². The van der Waals surface area contributed by atoms with Gasteiger partial charge in [-0.1, -0.05) is 0 Å². The van der Waals surface area contributed by atoms with Crippen molar-refractivity contribution in [3.8, 4) is 17.0 Å². The van der Waals surface area contributed by atoms with Crippen molar-refractivity contribution in [2.45, 2.75) is 26.3 Å². The maximum atomic E-state index is 12.1. The van der Waals surface area contributed by atoms with E-state index in [1.807, 2.05) is 13.8 Å². The zero-order chi connectivity index (χ0) is 14.9. The molecule has 0 bridgehead atoms. The third kappa shape index (κ3) is 3.04. The molecular weight excluding hydrogens is 271 g/mol. The fourth-order valence-electron chi connectivity index (χ4n) is 1.82. The number of halogens is 3. The summed E-state index contributed by atoms with van der Waals surface area (Å²) in [5.74, 6) is 0.201. The van der Waals surface area contributed by atoms with Crippen LogP contribution in [-0.4, -0.2) is 15.9 Å². The molecule has 20 heavy (non-hydrogen) atoms. The number of nitrogens with zero attached hydrogens (tertiary/aromatic N) is 2. The van der Waals surface area contributed by atoms with Crippen LogP contribution in [0.1, 0.15) is 19.9 Å². The number of nitrogen functional groups attached to an aromatic ring is 1. The summed E-state index contributed by atoms with van der Waals surface area (Å²) in [7, 11) is 0. The number of hydrogen-bond donors (Lipinski definition) is 1. The van der Waals surface area contributed by atoms with Crippen LogP contribution in [-0.2, 0) is 0 Å². The summed E-state index contributed by atoms with van der Waals surface area (Å²) in [6.45, 7) is 3.92. The minimum Gasteiger partial charge on any atom is -0.406 e. The first-order valence-electron chi connectivity index (χ1n) is 5.96. The minimum atomic E-state index is -4.69. The van der Waals surface area contributed by atoms with Crippen molar-refractivity contribution in [3.63, 3.8) is 0 Å². The van der Waals surface area contributed by atoms with E-state index in [4.69, 9.17) is 5.73 Å². The number of hydrogen-bond acceptors (Lipinski definition) is 3. The van der Waals surface area contributed by atoms with Crippen molar-refractivity contribution in [1.29, 1.82) is 0 Å². The highest BCUT2D eigenvalue weighted by molar-refractivity contribution is 5.70. The van der Waals surface area contributed by atoms with Crippen LogP contribution in [0.25, 0.3) is 11.3 Å². The van der Waals surface area contributed by atoms with E-state index in [1.165, 1.54) is 24.3 Å². The molecule has 4 nitrogen and oxygen atoms in total. The van der Waals surface area contributed by atoms with Gasteiger partial charge < -0.3 is 15.0 Å². The molecular formula is C13H14F3N3O. The second-order valence-electron chi connectivity index (χ2n) is 4.55.